The van der Waals surface area contributed by atoms with Crippen LogP contribution in [0, 0.1) is 0 Å². The maximum absolute atomic E-state index is 12.0. The third kappa shape index (κ3) is 18.8. The maximum Gasteiger partial charge on any atom is 0.222 e. The Morgan fingerprint density at radius 1 is 0.562 bits per heavy atom. The predicted octanol–water partition coefficient (Wildman–Crippen LogP) is 9.77. The van der Waals surface area contributed by atoms with Gasteiger partial charge in [0.1, 0.15) is 0 Å². The molecule has 0 aromatic rings. The molecule has 1 heterocycles. The number of allylic oxidation sites excluding steroid dienone is 2. The lowest BCUT2D eigenvalue weighted by atomic mass is 10.0. The Morgan fingerprint density at radius 2 is 0.938 bits per heavy atom. The summed E-state index contributed by atoms with van der Waals surface area (Å²) in [5, 5.41) is 0. The van der Waals surface area contributed by atoms with Crippen molar-refractivity contribution in [2.45, 2.75) is 161 Å². The minimum atomic E-state index is 0.405. The van der Waals surface area contributed by atoms with E-state index in [0.29, 0.717) is 5.91 Å². The first kappa shape index (κ1) is 29.2. The van der Waals surface area contributed by atoms with Crippen molar-refractivity contribution in [2.75, 3.05) is 13.1 Å². The van der Waals surface area contributed by atoms with Gasteiger partial charge in [-0.15, -0.1) is 0 Å². The molecule has 0 bridgehead atoms. The van der Waals surface area contributed by atoms with E-state index in [-0.39, 0.29) is 0 Å². The molecule has 0 aromatic carbocycles. The molecule has 1 saturated heterocycles. The quantitative estimate of drug-likeness (QED) is 0.113. The highest BCUT2D eigenvalue weighted by atomic mass is 16.2. The molecule has 0 saturated carbocycles. The standard InChI is InChI=1S/C30H57NO/c1-2-3-4-5-6-7-8-9-10-11-12-13-14-15-16-17-18-19-20-21-22-23-24-27-30(32)31-28-25-26-29-31/h8-9H,2-7,10-29H2,1H3. The molecule has 0 aliphatic carbocycles. The first-order valence-corrected chi connectivity index (χ1v) is 14.8. The van der Waals surface area contributed by atoms with Crippen molar-refractivity contribution >= 4 is 5.91 Å². The van der Waals surface area contributed by atoms with Gasteiger partial charge in [0.2, 0.25) is 5.91 Å². The highest BCUT2D eigenvalue weighted by Gasteiger charge is 2.16. The van der Waals surface area contributed by atoms with E-state index in [9.17, 15) is 4.79 Å². The van der Waals surface area contributed by atoms with Crippen molar-refractivity contribution < 1.29 is 4.79 Å². The Hall–Kier alpha value is -0.790. The lowest BCUT2D eigenvalue weighted by molar-refractivity contribution is -0.130. The van der Waals surface area contributed by atoms with E-state index in [0.717, 1.165) is 25.9 Å². The van der Waals surface area contributed by atoms with E-state index in [1.54, 1.807) is 0 Å². The van der Waals surface area contributed by atoms with Gasteiger partial charge in [0.05, 0.1) is 0 Å². The van der Waals surface area contributed by atoms with E-state index < -0.39 is 0 Å². The summed E-state index contributed by atoms with van der Waals surface area (Å²) < 4.78 is 0. The predicted molar refractivity (Wildman–Crippen MR) is 142 cm³/mol. The van der Waals surface area contributed by atoms with E-state index in [1.807, 2.05) is 0 Å². The summed E-state index contributed by atoms with van der Waals surface area (Å²) in [6, 6.07) is 0. The van der Waals surface area contributed by atoms with Gasteiger partial charge < -0.3 is 4.90 Å². The van der Waals surface area contributed by atoms with Crippen LogP contribution in [0.15, 0.2) is 12.2 Å². The molecule has 0 radical (unpaired) electrons. The summed E-state index contributed by atoms with van der Waals surface area (Å²) >= 11 is 0. The zero-order valence-corrected chi connectivity index (χ0v) is 21.9. The number of amides is 1. The Balaban J connectivity index is 1.68. The van der Waals surface area contributed by atoms with Crippen molar-refractivity contribution in [1.29, 1.82) is 0 Å². The SMILES string of the molecule is CCCCCCCC=CCCCCCCCCCCCCCCCCC(=O)N1CCCC1. The van der Waals surface area contributed by atoms with Gasteiger partial charge in [-0.3, -0.25) is 4.79 Å². The highest BCUT2D eigenvalue weighted by Crippen LogP contribution is 2.15. The number of likely N-dealkylation sites (tertiary alicyclic amines) is 1. The van der Waals surface area contributed by atoms with Crippen LogP contribution in [0.2, 0.25) is 0 Å². The Bertz CT molecular complexity index is 425. The van der Waals surface area contributed by atoms with Crippen LogP contribution in [-0.2, 0) is 4.79 Å². The van der Waals surface area contributed by atoms with Gasteiger partial charge in [0, 0.05) is 19.5 Å². The van der Waals surface area contributed by atoms with Gasteiger partial charge in [-0.05, 0) is 44.9 Å². The highest BCUT2D eigenvalue weighted by molar-refractivity contribution is 5.76. The van der Waals surface area contributed by atoms with Crippen LogP contribution in [0.4, 0.5) is 0 Å². The van der Waals surface area contributed by atoms with Gasteiger partial charge in [-0.1, -0.05) is 122 Å². The van der Waals surface area contributed by atoms with Crippen molar-refractivity contribution in [1.82, 2.24) is 4.90 Å². The number of carbonyl (C=O) groups is 1. The Kier molecular flexibility index (Phi) is 21.4. The zero-order valence-electron chi connectivity index (χ0n) is 21.9. The van der Waals surface area contributed by atoms with E-state index >= 15 is 0 Å². The van der Waals surface area contributed by atoms with Crippen molar-refractivity contribution in [3.8, 4) is 0 Å². The molecule has 0 aromatic heterocycles. The first-order valence-electron chi connectivity index (χ1n) is 14.8. The van der Waals surface area contributed by atoms with E-state index in [2.05, 4.69) is 24.0 Å². The summed E-state index contributed by atoms with van der Waals surface area (Å²) in [6.45, 7) is 4.30. The van der Waals surface area contributed by atoms with Crippen LogP contribution in [-0.4, -0.2) is 23.9 Å². The molecular weight excluding hydrogens is 390 g/mol. The third-order valence-corrected chi connectivity index (χ3v) is 7.11. The van der Waals surface area contributed by atoms with Crippen LogP contribution >= 0.6 is 0 Å². The number of hydrogen-bond acceptors (Lipinski definition) is 1. The second kappa shape index (κ2) is 23.4. The number of nitrogens with zero attached hydrogens (tertiary/aromatic N) is 1. The maximum atomic E-state index is 12.0. The molecule has 2 heteroatoms. The average Bonchev–Trinajstić information content (AvgIpc) is 3.34. The zero-order chi connectivity index (χ0) is 23.0. The molecule has 1 aliphatic heterocycles. The van der Waals surface area contributed by atoms with Crippen molar-refractivity contribution in [3.05, 3.63) is 12.2 Å². The minimum absolute atomic E-state index is 0.405. The van der Waals surface area contributed by atoms with Crippen molar-refractivity contribution in [2.24, 2.45) is 0 Å². The van der Waals surface area contributed by atoms with E-state index in [4.69, 9.17) is 0 Å². The molecule has 1 fully saturated rings. The third-order valence-electron chi connectivity index (χ3n) is 7.11. The minimum Gasteiger partial charge on any atom is -0.343 e. The van der Waals surface area contributed by atoms with Gasteiger partial charge >= 0.3 is 0 Å². The van der Waals surface area contributed by atoms with Gasteiger partial charge in [0.25, 0.3) is 0 Å². The van der Waals surface area contributed by atoms with Gasteiger partial charge in [-0.25, -0.2) is 0 Å². The Morgan fingerprint density at radius 3 is 1.38 bits per heavy atom. The van der Waals surface area contributed by atoms with Crippen molar-refractivity contribution in [3.63, 3.8) is 0 Å². The summed E-state index contributed by atoms with van der Waals surface area (Å²) in [5.41, 5.74) is 0. The van der Waals surface area contributed by atoms with Crippen LogP contribution in [0.25, 0.3) is 0 Å². The number of rotatable bonds is 23. The topological polar surface area (TPSA) is 20.3 Å². The molecule has 1 aliphatic rings. The fourth-order valence-electron chi connectivity index (χ4n) is 4.89. The molecule has 0 unspecified atom stereocenters. The lowest BCUT2D eigenvalue weighted by Gasteiger charge is -2.14. The first-order chi connectivity index (χ1) is 15.8. The van der Waals surface area contributed by atoms with E-state index in [1.165, 1.54) is 141 Å². The largest absolute Gasteiger partial charge is 0.343 e. The summed E-state index contributed by atoms with van der Waals surface area (Å²) in [6.07, 6.45) is 36.9. The number of hydrogen-bond donors (Lipinski definition) is 0. The fourth-order valence-corrected chi connectivity index (χ4v) is 4.89. The molecule has 0 spiro atoms. The normalized spacial score (nSPS) is 14.1. The summed E-state index contributed by atoms with van der Waals surface area (Å²) in [5.74, 6) is 0.405. The molecule has 1 rings (SSSR count). The number of unbranched alkanes of at least 4 members (excludes halogenated alkanes) is 19. The molecular formula is C30H57NO. The molecule has 188 valence electrons. The van der Waals surface area contributed by atoms with Crippen LogP contribution in [0.3, 0.4) is 0 Å². The molecule has 32 heavy (non-hydrogen) atoms. The van der Waals surface area contributed by atoms with Crippen LogP contribution in [0.5, 0.6) is 0 Å². The molecule has 2 nitrogen and oxygen atoms in total. The molecule has 1 amide bonds. The smallest absolute Gasteiger partial charge is 0.222 e. The van der Waals surface area contributed by atoms with Gasteiger partial charge in [0.15, 0.2) is 0 Å². The monoisotopic (exact) mass is 447 g/mol. The second-order valence-corrected chi connectivity index (χ2v) is 10.3. The average molecular weight is 448 g/mol. The van der Waals surface area contributed by atoms with Crippen LogP contribution in [0.1, 0.15) is 161 Å². The van der Waals surface area contributed by atoms with Gasteiger partial charge in [-0.2, -0.15) is 0 Å². The second-order valence-electron chi connectivity index (χ2n) is 10.3. The lowest BCUT2D eigenvalue weighted by Crippen LogP contribution is -2.27. The Labute approximate surface area is 202 Å². The fraction of sp³-hybridized carbons (Fsp3) is 0.900. The summed E-state index contributed by atoms with van der Waals surface area (Å²) in [7, 11) is 0. The van der Waals surface area contributed by atoms with Crippen LogP contribution < -0.4 is 0 Å². The molecule has 0 N–H and O–H groups in total. The summed E-state index contributed by atoms with van der Waals surface area (Å²) in [4.78, 5) is 14.1. The number of carbonyl (C=O) groups excluding carboxylic acids is 1. The molecule has 0 atom stereocenters.